The van der Waals surface area contributed by atoms with Gasteiger partial charge in [-0.05, 0) is 40.5 Å². The Morgan fingerprint density at radius 1 is 0.970 bits per heavy atom. The summed E-state index contributed by atoms with van der Waals surface area (Å²) >= 11 is 4.85. The monoisotopic (exact) mass is 463 g/mol. The summed E-state index contributed by atoms with van der Waals surface area (Å²) in [5.41, 5.74) is 10.9. The minimum Gasteiger partial charge on any atom is -0.449 e. The van der Waals surface area contributed by atoms with Crippen LogP contribution < -0.4 is 16.4 Å². The first kappa shape index (κ1) is 22.7. The van der Waals surface area contributed by atoms with Crippen molar-refractivity contribution in [1.29, 1.82) is 0 Å². The number of carbonyl (C=O) groups excluding carboxylic acids is 1. The second-order valence-corrected chi connectivity index (χ2v) is 8.23. The van der Waals surface area contributed by atoms with Crippen molar-refractivity contribution in [3.05, 3.63) is 89.5 Å². The van der Waals surface area contributed by atoms with Gasteiger partial charge in [-0.1, -0.05) is 66.7 Å². The van der Waals surface area contributed by atoms with Gasteiger partial charge in [0.2, 0.25) is 0 Å². The van der Waals surface area contributed by atoms with Crippen LogP contribution >= 0.6 is 12.2 Å². The first-order chi connectivity index (χ1) is 16.0. The summed E-state index contributed by atoms with van der Waals surface area (Å²) in [6.45, 7) is -0.0293. The van der Waals surface area contributed by atoms with Crippen molar-refractivity contribution in [1.82, 2.24) is 5.32 Å². The van der Waals surface area contributed by atoms with E-state index in [1.54, 1.807) is 24.3 Å². The Labute approximate surface area is 197 Å². The molecule has 1 amide bonds. The summed E-state index contributed by atoms with van der Waals surface area (Å²) in [4.78, 5) is 12.3. The molecule has 0 spiro atoms. The molecule has 2 atom stereocenters. The lowest BCUT2D eigenvalue weighted by molar-refractivity contribution is 0.0189. The first-order valence-electron chi connectivity index (χ1n) is 10.6. The van der Waals surface area contributed by atoms with Crippen LogP contribution in [-0.4, -0.2) is 40.7 Å². The molecule has 0 saturated heterocycles. The number of thiocarbonyl (C=S) groups is 1. The number of anilines is 1. The van der Waals surface area contributed by atoms with Gasteiger partial charge in [-0.15, -0.1) is 0 Å². The van der Waals surface area contributed by atoms with Gasteiger partial charge in [-0.2, -0.15) is 0 Å². The Balaban J connectivity index is 1.35. The van der Waals surface area contributed by atoms with Crippen molar-refractivity contribution in [2.75, 3.05) is 18.5 Å². The molecular formula is C25H25N3O4S. The van der Waals surface area contributed by atoms with Crippen LogP contribution in [0.25, 0.3) is 11.1 Å². The van der Waals surface area contributed by atoms with E-state index in [4.69, 9.17) is 22.7 Å². The Kier molecular flexibility index (Phi) is 6.88. The quantitative estimate of drug-likeness (QED) is 0.342. The van der Waals surface area contributed by atoms with Crippen LogP contribution in [0.1, 0.15) is 28.7 Å². The molecule has 0 heterocycles. The van der Waals surface area contributed by atoms with Crippen molar-refractivity contribution in [3.8, 4) is 11.1 Å². The number of aliphatic hydroxyl groups excluding tert-OH is 2. The molecule has 1 aliphatic carbocycles. The van der Waals surface area contributed by atoms with Gasteiger partial charge in [0.05, 0.1) is 0 Å². The van der Waals surface area contributed by atoms with Gasteiger partial charge >= 0.3 is 6.09 Å². The third-order valence-electron chi connectivity index (χ3n) is 5.70. The van der Waals surface area contributed by atoms with Crippen molar-refractivity contribution >= 4 is 29.1 Å². The third-order valence-corrected chi connectivity index (χ3v) is 5.80. The van der Waals surface area contributed by atoms with Gasteiger partial charge in [0.1, 0.15) is 18.8 Å². The fourth-order valence-corrected chi connectivity index (χ4v) is 4.27. The number of alkyl carbamates (subject to hydrolysis) is 1. The summed E-state index contributed by atoms with van der Waals surface area (Å²) in [7, 11) is 0. The number of ether oxygens (including phenoxy) is 1. The first-order valence-corrected chi connectivity index (χ1v) is 11.0. The number of carbonyl (C=O) groups is 1. The highest BCUT2D eigenvalue weighted by Gasteiger charge is 2.29. The van der Waals surface area contributed by atoms with Gasteiger partial charge in [0.15, 0.2) is 5.11 Å². The Morgan fingerprint density at radius 2 is 1.55 bits per heavy atom. The highest BCUT2D eigenvalue weighted by atomic mass is 32.1. The van der Waals surface area contributed by atoms with E-state index in [1.165, 1.54) is 0 Å². The molecule has 0 aromatic heterocycles. The van der Waals surface area contributed by atoms with E-state index in [0.717, 1.165) is 22.3 Å². The number of amides is 1. The van der Waals surface area contributed by atoms with Crippen LogP contribution in [0.2, 0.25) is 0 Å². The summed E-state index contributed by atoms with van der Waals surface area (Å²) in [6, 6.07) is 22.9. The molecule has 4 rings (SSSR count). The van der Waals surface area contributed by atoms with Gasteiger partial charge in [-0.3, -0.25) is 0 Å². The average Bonchev–Trinajstić information content (AvgIpc) is 3.14. The predicted octanol–water partition coefficient (Wildman–Crippen LogP) is 3.28. The number of nitrogens with one attached hydrogen (secondary N) is 2. The minimum atomic E-state index is -1.27. The van der Waals surface area contributed by atoms with Crippen LogP contribution in [-0.2, 0) is 4.74 Å². The maximum atomic E-state index is 12.3. The van der Waals surface area contributed by atoms with E-state index in [-0.39, 0.29) is 24.2 Å². The highest BCUT2D eigenvalue weighted by Crippen LogP contribution is 2.44. The second-order valence-electron chi connectivity index (χ2n) is 7.80. The topological polar surface area (TPSA) is 117 Å². The van der Waals surface area contributed by atoms with E-state index >= 15 is 0 Å². The summed E-state index contributed by atoms with van der Waals surface area (Å²) in [5, 5.41) is 26.3. The Bertz CT molecular complexity index is 1120. The molecule has 0 bridgehead atoms. The number of aliphatic hydroxyl groups is 2. The van der Waals surface area contributed by atoms with E-state index < -0.39 is 18.3 Å². The van der Waals surface area contributed by atoms with Gasteiger partial charge in [-0.25, -0.2) is 4.79 Å². The second kappa shape index (κ2) is 9.99. The fraction of sp³-hybridized carbons (Fsp3) is 0.200. The average molecular weight is 464 g/mol. The Hall–Kier alpha value is -3.46. The molecule has 33 heavy (non-hydrogen) atoms. The predicted molar refractivity (Wildman–Crippen MR) is 131 cm³/mol. The molecule has 6 N–H and O–H groups in total. The van der Waals surface area contributed by atoms with E-state index in [0.29, 0.717) is 11.3 Å². The number of rotatable bonds is 7. The molecule has 7 nitrogen and oxygen atoms in total. The van der Waals surface area contributed by atoms with Crippen LogP contribution in [0.3, 0.4) is 0 Å². The third kappa shape index (κ3) is 4.98. The summed E-state index contributed by atoms with van der Waals surface area (Å²) in [6.07, 6.45) is -3.20. The lowest BCUT2D eigenvalue weighted by Gasteiger charge is -2.21. The molecule has 0 saturated carbocycles. The van der Waals surface area contributed by atoms with Gasteiger partial charge in [0.25, 0.3) is 0 Å². The smallest absolute Gasteiger partial charge is 0.407 e. The highest BCUT2D eigenvalue weighted by molar-refractivity contribution is 7.80. The Morgan fingerprint density at radius 3 is 2.18 bits per heavy atom. The number of hydrogen-bond acceptors (Lipinski definition) is 5. The number of hydrogen-bond donors (Lipinski definition) is 5. The molecule has 3 aromatic carbocycles. The van der Waals surface area contributed by atoms with Crippen LogP contribution in [0.15, 0.2) is 72.8 Å². The normalized spacial score (nSPS) is 14.0. The SMILES string of the molecule is NC(=S)Nc1ccccc1C(O)C(O)CNC(=O)OCC1c2ccccc2-c2ccccc21. The lowest BCUT2D eigenvalue weighted by Crippen LogP contribution is -2.36. The zero-order valence-corrected chi connectivity index (χ0v) is 18.6. The molecule has 0 radical (unpaired) electrons. The van der Waals surface area contributed by atoms with E-state index in [9.17, 15) is 15.0 Å². The van der Waals surface area contributed by atoms with Gasteiger partial charge in [0, 0.05) is 23.7 Å². The molecule has 2 unspecified atom stereocenters. The van der Waals surface area contributed by atoms with E-state index in [2.05, 4.69) is 22.8 Å². The molecule has 170 valence electrons. The standard InChI is InChI=1S/C25H25N3O4S/c26-24(33)28-21-12-6-5-11-19(21)23(30)22(29)13-27-25(31)32-14-20-17-9-3-1-7-15(17)16-8-2-4-10-18(16)20/h1-12,20,22-23,29-30H,13-14H2,(H,27,31)(H3,26,28,33). The summed E-state index contributed by atoms with van der Waals surface area (Å²) in [5.74, 6) is -0.0586. The fourth-order valence-electron chi connectivity index (χ4n) is 4.16. The molecule has 0 aliphatic heterocycles. The number of fused-ring (bicyclic) bond motifs is 3. The lowest BCUT2D eigenvalue weighted by atomic mass is 9.98. The van der Waals surface area contributed by atoms with E-state index in [1.807, 2.05) is 36.4 Å². The van der Waals surface area contributed by atoms with Gasteiger partial charge < -0.3 is 31.3 Å². The molecule has 1 aliphatic rings. The summed E-state index contributed by atoms with van der Waals surface area (Å²) < 4.78 is 5.46. The maximum absolute atomic E-state index is 12.3. The minimum absolute atomic E-state index is 0.0425. The largest absolute Gasteiger partial charge is 0.449 e. The zero-order valence-electron chi connectivity index (χ0n) is 17.8. The number of para-hydroxylation sites is 1. The van der Waals surface area contributed by atoms with Crippen molar-refractivity contribution < 1.29 is 19.7 Å². The molecule has 0 fully saturated rings. The van der Waals surface area contributed by atoms with Crippen molar-refractivity contribution in [2.24, 2.45) is 5.73 Å². The molecular weight excluding hydrogens is 438 g/mol. The molecule has 3 aromatic rings. The molecule has 8 heteroatoms. The number of benzene rings is 3. The van der Waals surface area contributed by atoms with Crippen LogP contribution in [0, 0.1) is 0 Å². The van der Waals surface area contributed by atoms with Crippen molar-refractivity contribution in [3.63, 3.8) is 0 Å². The van der Waals surface area contributed by atoms with Crippen molar-refractivity contribution in [2.45, 2.75) is 18.1 Å². The number of nitrogens with two attached hydrogens (primary N) is 1. The van der Waals surface area contributed by atoms with Crippen LogP contribution in [0.4, 0.5) is 10.5 Å². The van der Waals surface area contributed by atoms with Crippen LogP contribution in [0.5, 0.6) is 0 Å². The zero-order chi connectivity index (χ0) is 23.4. The maximum Gasteiger partial charge on any atom is 0.407 e.